The largest absolute Gasteiger partial charge is 0.399 e. The number of nitrogen functional groups attached to an aromatic ring is 1. The van der Waals surface area contributed by atoms with E-state index in [0.29, 0.717) is 17.8 Å². The molecule has 0 saturated carbocycles. The lowest BCUT2D eigenvalue weighted by Crippen LogP contribution is -2.25. The van der Waals surface area contributed by atoms with E-state index in [9.17, 15) is 4.79 Å². The van der Waals surface area contributed by atoms with Gasteiger partial charge in [-0.3, -0.25) is 4.79 Å². The molecule has 6 nitrogen and oxygen atoms in total. The first-order chi connectivity index (χ1) is 11.6. The number of aromatic nitrogens is 3. The van der Waals surface area contributed by atoms with Crippen LogP contribution in [0.4, 0.5) is 5.69 Å². The third-order valence-electron chi connectivity index (χ3n) is 4.56. The van der Waals surface area contributed by atoms with Gasteiger partial charge >= 0.3 is 0 Å². The summed E-state index contributed by atoms with van der Waals surface area (Å²) in [7, 11) is 0. The Hall–Kier alpha value is -2.37. The van der Waals surface area contributed by atoms with Gasteiger partial charge in [-0.05, 0) is 43.9 Å². The number of anilines is 1. The average Bonchev–Trinajstić information content (AvgIpc) is 2.80. The molecule has 0 saturated heterocycles. The van der Waals surface area contributed by atoms with Crippen molar-refractivity contribution in [3.63, 3.8) is 0 Å². The van der Waals surface area contributed by atoms with Gasteiger partial charge in [0.15, 0.2) is 0 Å². The normalized spacial score (nSPS) is 14.0. The summed E-state index contributed by atoms with van der Waals surface area (Å²) < 4.78 is 2.26. The van der Waals surface area contributed by atoms with Gasteiger partial charge in [0.2, 0.25) is 0 Å². The van der Waals surface area contributed by atoms with Crippen LogP contribution in [0.5, 0.6) is 0 Å². The van der Waals surface area contributed by atoms with E-state index < -0.39 is 0 Å². The van der Waals surface area contributed by atoms with Gasteiger partial charge in [0, 0.05) is 37.2 Å². The van der Waals surface area contributed by atoms with Crippen molar-refractivity contribution < 1.29 is 4.79 Å². The van der Waals surface area contributed by atoms with E-state index in [4.69, 9.17) is 5.73 Å². The number of nitrogens with two attached hydrogens (primary N) is 1. The number of carbonyl (C=O) groups is 1. The lowest BCUT2D eigenvalue weighted by molar-refractivity contribution is 0.0952. The molecule has 6 heteroatoms. The number of hydrogen-bond acceptors (Lipinski definition) is 4. The molecule has 3 rings (SSSR count). The number of carbonyl (C=O) groups excluding carboxylic acids is 1. The number of fused-ring (bicyclic) bond motifs is 1. The van der Waals surface area contributed by atoms with Crippen molar-refractivity contribution >= 4 is 11.6 Å². The molecule has 1 aliphatic rings. The maximum absolute atomic E-state index is 12.3. The summed E-state index contributed by atoms with van der Waals surface area (Å²) in [6.45, 7) is 3.56. The highest BCUT2D eigenvalue weighted by atomic mass is 16.1. The van der Waals surface area contributed by atoms with Crippen LogP contribution in [0.3, 0.4) is 0 Å². The van der Waals surface area contributed by atoms with Crippen LogP contribution in [0.25, 0.3) is 0 Å². The van der Waals surface area contributed by atoms with Crippen LogP contribution in [-0.4, -0.2) is 27.2 Å². The fourth-order valence-electron chi connectivity index (χ4n) is 3.16. The van der Waals surface area contributed by atoms with Crippen LogP contribution in [-0.2, 0) is 19.4 Å². The first-order valence-corrected chi connectivity index (χ1v) is 8.70. The molecule has 1 aromatic heterocycles. The van der Waals surface area contributed by atoms with Crippen molar-refractivity contribution in [2.45, 2.75) is 52.0 Å². The molecule has 0 unspecified atom stereocenters. The van der Waals surface area contributed by atoms with Gasteiger partial charge in [-0.1, -0.05) is 12.5 Å². The Morgan fingerprint density at radius 1 is 1.29 bits per heavy atom. The van der Waals surface area contributed by atoms with Gasteiger partial charge < -0.3 is 15.6 Å². The fourth-order valence-corrected chi connectivity index (χ4v) is 3.16. The maximum Gasteiger partial charge on any atom is 0.251 e. The maximum atomic E-state index is 12.3. The zero-order valence-corrected chi connectivity index (χ0v) is 14.2. The highest BCUT2D eigenvalue weighted by Gasteiger charge is 2.14. The molecule has 24 heavy (non-hydrogen) atoms. The fraction of sp³-hybridized carbons (Fsp3) is 0.500. The number of rotatable bonds is 5. The summed E-state index contributed by atoms with van der Waals surface area (Å²) in [5, 5.41) is 11.6. The predicted octanol–water partition coefficient (Wildman–Crippen LogP) is 2.26. The SMILES string of the molecule is Cc1ccc(N)cc1C(=O)NCCCc1nnc2n1CCCCC2. The third kappa shape index (κ3) is 3.75. The Morgan fingerprint density at radius 2 is 2.17 bits per heavy atom. The monoisotopic (exact) mass is 327 g/mol. The number of nitrogens with one attached hydrogen (secondary N) is 1. The molecule has 0 fully saturated rings. The Kier molecular flexibility index (Phi) is 5.13. The van der Waals surface area contributed by atoms with Gasteiger partial charge in [0.1, 0.15) is 11.6 Å². The molecule has 3 N–H and O–H groups in total. The number of aryl methyl sites for hydroxylation is 3. The van der Waals surface area contributed by atoms with Gasteiger partial charge in [-0.15, -0.1) is 10.2 Å². The zero-order chi connectivity index (χ0) is 16.9. The topological polar surface area (TPSA) is 85.8 Å². The Balaban J connectivity index is 1.51. The average molecular weight is 327 g/mol. The predicted molar refractivity (Wildman–Crippen MR) is 93.8 cm³/mol. The van der Waals surface area contributed by atoms with E-state index in [1.807, 2.05) is 19.1 Å². The second-order valence-electron chi connectivity index (χ2n) is 6.43. The molecule has 1 aromatic carbocycles. The van der Waals surface area contributed by atoms with Crippen LogP contribution in [0.2, 0.25) is 0 Å². The summed E-state index contributed by atoms with van der Waals surface area (Å²) >= 11 is 0. The van der Waals surface area contributed by atoms with Crippen LogP contribution < -0.4 is 11.1 Å². The smallest absolute Gasteiger partial charge is 0.251 e. The molecule has 0 radical (unpaired) electrons. The van der Waals surface area contributed by atoms with Crippen molar-refractivity contribution in [1.29, 1.82) is 0 Å². The first-order valence-electron chi connectivity index (χ1n) is 8.70. The van der Waals surface area contributed by atoms with Crippen LogP contribution in [0.15, 0.2) is 18.2 Å². The minimum Gasteiger partial charge on any atom is -0.399 e. The molecule has 0 atom stereocenters. The highest BCUT2D eigenvalue weighted by Crippen LogP contribution is 2.15. The lowest BCUT2D eigenvalue weighted by Gasteiger charge is -2.09. The van der Waals surface area contributed by atoms with Gasteiger partial charge in [0.25, 0.3) is 5.91 Å². The van der Waals surface area contributed by atoms with E-state index in [2.05, 4.69) is 20.1 Å². The molecule has 1 aliphatic heterocycles. The molecule has 128 valence electrons. The van der Waals surface area contributed by atoms with E-state index in [0.717, 1.165) is 43.0 Å². The summed E-state index contributed by atoms with van der Waals surface area (Å²) in [6, 6.07) is 5.40. The second-order valence-corrected chi connectivity index (χ2v) is 6.43. The number of amides is 1. The Morgan fingerprint density at radius 3 is 3.04 bits per heavy atom. The van der Waals surface area contributed by atoms with Crippen molar-refractivity contribution in [3.05, 3.63) is 41.0 Å². The third-order valence-corrected chi connectivity index (χ3v) is 4.56. The Bertz CT molecular complexity index is 722. The number of nitrogens with zero attached hydrogens (tertiary/aromatic N) is 3. The standard InChI is InChI=1S/C18H25N5O/c1-13-8-9-14(19)12-15(13)18(24)20-10-5-7-17-22-21-16-6-3-2-4-11-23(16)17/h8-9,12H,2-7,10-11,19H2,1H3,(H,20,24). The quantitative estimate of drug-likeness (QED) is 0.651. The van der Waals surface area contributed by atoms with Crippen LogP contribution >= 0.6 is 0 Å². The van der Waals surface area contributed by atoms with Crippen LogP contribution in [0, 0.1) is 6.92 Å². The number of hydrogen-bond donors (Lipinski definition) is 2. The zero-order valence-electron chi connectivity index (χ0n) is 14.2. The van der Waals surface area contributed by atoms with Crippen molar-refractivity contribution in [3.8, 4) is 0 Å². The molecule has 0 aliphatic carbocycles. The van der Waals surface area contributed by atoms with E-state index in [1.165, 1.54) is 19.3 Å². The van der Waals surface area contributed by atoms with E-state index >= 15 is 0 Å². The molecule has 1 amide bonds. The summed E-state index contributed by atoms with van der Waals surface area (Å²) in [6.07, 6.45) is 6.38. The van der Waals surface area contributed by atoms with Gasteiger partial charge in [0.05, 0.1) is 0 Å². The lowest BCUT2D eigenvalue weighted by atomic mass is 10.1. The van der Waals surface area contributed by atoms with Crippen LogP contribution in [0.1, 0.15) is 53.3 Å². The molecular weight excluding hydrogens is 302 g/mol. The number of benzene rings is 1. The second kappa shape index (κ2) is 7.47. The molecule has 0 spiro atoms. The Labute approximate surface area is 142 Å². The molecule has 0 bridgehead atoms. The highest BCUT2D eigenvalue weighted by molar-refractivity contribution is 5.96. The minimum absolute atomic E-state index is 0.0696. The minimum atomic E-state index is -0.0696. The summed E-state index contributed by atoms with van der Waals surface area (Å²) in [5.41, 5.74) is 7.95. The van der Waals surface area contributed by atoms with Gasteiger partial charge in [-0.2, -0.15) is 0 Å². The van der Waals surface area contributed by atoms with Crippen molar-refractivity contribution in [2.75, 3.05) is 12.3 Å². The van der Waals surface area contributed by atoms with Crippen molar-refractivity contribution in [1.82, 2.24) is 20.1 Å². The first kappa shape index (κ1) is 16.5. The van der Waals surface area contributed by atoms with E-state index in [1.54, 1.807) is 6.07 Å². The molecule has 2 heterocycles. The molecule has 2 aromatic rings. The van der Waals surface area contributed by atoms with Crippen molar-refractivity contribution in [2.24, 2.45) is 0 Å². The summed E-state index contributed by atoms with van der Waals surface area (Å²) in [4.78, 5) is 12.3. The van der Waals surface area contributed by atoms with E-state index in [-0.39, 0.29) is 5.91 Å². The molecular formula is C18H25N5O. The van der Waals surface area contributed by atoms with Gasteiger partial charge in [-0.25, -0.2) is 0 Å². The summed E-state index contributed by atoms with van der Waals surface area (Å²) in [5.74, 6) is 2.09.